The molecule has 0 saturated heterocycles. The van der Waals surface area contributed by atoms with Crippen molar-refractivity contribution in [2.75, 3.05) is 11.4 Å². The van der Waals surface area contributed by atoms with E-state index in [-0.39, 0.29) is 12.0 Å². The highest BCUT2D eigenvalue weighted by molar-refractivity contribution is 6.31. The predicted octanol–water partition coefficient (Wildman–Crippen LogP) is 3.12. The number of ether oxygens (including phenoxy) is 1. The van der Waals surface area contributed by atoms with Gasteiger partial charge in [0.05, 0.1) is 18.4 Å². The number of hydrogen-bond acceptors (Lipinski definition) is 4. The minimum absolute atomic E-state index is 0.112. The van der Waals surface area contributed by atoms with Gasteiger partial charge in [-0.3, -0.25) is 4.79 Å². The Hall–Kier alpha value is -2.60. The molecule has 1 aromatic carbocycles. The van der Waals surface area contributed by atoms with Crippen molar-refractivity contribution in [1.82, 2.24) is 14.6 Å². The fraction of sp³-hybridized carbons (Fsp3) is 0.235. The number of anilines is 1. The normalized spacial score (nSPS) is 16.8. The van der Waals surface area contributed by atoms with Gasteiger partial charge in [-0.1, -0.05) is 11.6 Å². The molecule has 1 unspecified atom stereocenters. The second-order valence-electron chi connectivity index (χ2n) is 5.85. The van der Waals surface area contributed by atoms with Crippen LogP contribution in [0, 0.1) is 6.92 Å². The van der Waals surface area contributed by atoms with E-state index in [1.165, 1.54) is 0 Å². The van der Waals surface area contributed by atoms with Crippen LogP contribution in [0.5, 0.6) is 5.75 Å². The number of carbonyl (C=O) groups excluding carboxylic acids is 1. The summed E-state index contributed by atoms with van der Waals surface area (Å²) in [5, 5.41) is 4.77. The standard InChI is InChI=1S/C17H15ClN4O2/c1-10-5-6-22-16(20-10)13(8-19-22)17(23)21-9-11(2)24-15-4-3-12(18)7-14(15)21/h3-8,11H,9H2,1-2H3. The summed E-state index contributed by atoms with van der Waals surface area (Å²) in [6.07, 6.45) is 3.23. The van der Waals surface area contributed by atoms with Crippen molar-refractivity contribution in [1.29, 1.82) is 0 Å². The molecule has 0 aliphatic carbocycles. The average Bonchev–Trinajstić information content (AvgIpc) is 2.97. The number of benzene rings is 1. The Kier molecular flexibility index (Phi) is 3.42. The lowest BCUT2D eigenvalue weighted by molar-refractivity contribution is 0.0962. The maximum atomic E-state index is 13.1. The third kappa shape index (κ3) is 2.39. The number of rotatable bonds is 1. The van der Waals surface area contributed by atoms with Gasteiger partial charge < -0.3 is 9.64 Å². The van der Waals surface area contributed by atoms with Crippen LogP contribution >= 0.6 is 11.6 Å². The Bertz CT molecular complexity index is 953. The van der Waals surface area contributed by atoms with Crippen LogP contribution in [0.15, 0.2) is 36.7 Å². The van der Waals surface area contributed by atoms with E-state index in [4.69, 9.17) is 16.3 Å². The molecule has 0 N–H and O–H groups in total. The smallest absolute Gasteiger partial charge is 0.264 e. The summed E-state index contributed by atoms with van der Waals surface area (Å²) in [4.78, 5) is 19.3. The molecular formula is C17H15ClN4O2. The zero-order valence-corrected chi connectivity index (χ0v) is 14.0. The third-order valence-corrected chi connectivity index (χ3v) is 4.20. The fourth-order valence-electron chi connectivity index (χ4n) is 2.86. The van der Waals surface area contributed by atoms with E-state index in [9.17, 15) is 4.79 Å². The lowest BCUT2D eigenvalue weighted by Gasteiger charge is -2.33. The second-order valence-corrected chi connectivity index (χ2v) is 6.29. The van der Waals surface area contributed by atoms with Crippen molar-refractivity contribution in [2.45, 2.75) is 20.0 Å². The van der Waals surface area contributed by atoms with Crippen molar-refractivity contribution in [3.05, 3.63) is 52.9 Å². The number of amides is 1. The van der Waals surface area contributed by atoms with Crippen LogP contribution < -0.4 is 9.64 Å². The minimum Gasteiger partial charge on any atom is -0.487 e. The number of aromatic nitrogens is 3. The summed E-state index contributed by atoms with van der Waals surface area (Å²) in [6.45, 7) is 4.25. The Morgan fingerprint density at radius 1 is 1.38 bits per heavy atom. The lowest BCUT2D eigenvalue weighted by Crippen LogP contribution is -2.42. The van der Waals surface area contributed by atoms with Gasteiger partial charge in [0.15, 0.2) is 5.65 Å². The molecule has 7 heteroatoms. The van der Waals surface area contributed by atoms with Gasteiger partial charge in [0.1, 0.15) is 17.4 Å². The van der Waals surface area contributed by atoms with Crippen molar-refractivity contribution >= 4 is 28.8 Å². The highest BCUT2D eigenvalue weighted by Crippen LogP contribution is 2.36. The zero-order valence-electron chi connectivity index (χ0n) is 13.2. The first-order valence-corrected chi connectivity index (χ1v) is 8.00. The highest BCUT2D eigenvalue weighted by Gasteiger charge is 2.30. The third-order valence-electron chi connectivity index (χ3n) is 3.96. The molecule has 1 atom stereocenters. The monoisotopic (exact) mass is 342 g/mol. The topological polar surface area (TPSA) is 59.7 Å². The molecule has 24 heavy (non-hydrogen) atoms. The van der Waals surface area contributed by atoms with Crippen molar-refractivity contribution in [2.24, 2.45) is 0 Å². The molecule has 0 spiro atoms. The summed E-state index contributed by atoms with van der Waals surface area (Å²) in [5.41, 5.74) is 2.50. The van der Waals surface area contributed by atoms with E-state index in [0.29, 0.717) is 34.2 Å². The van der Waals surface area contributed by atoms with E-state index < -0.39 is 0 Å². The Morgan fingerprint density at radius 2 is 2.21 bits per heavy atom. The first kappa shape index (κ1) is 15.0. The van der Waals surface area contributed by atoms with Crippen molar-refractivity contribution < 1.29 is 9.53 Å². The van der Waals surface area contributed by atoms with Crippen molar-refractivity contribution in [3.63, 3.8) is 0 Å². The Morgan fingerprint density at radius 3 is 3.04 bits per heavy atom. The second kappa shape index (κ2) is 5.49. The number of aryl methyl sites for hydroxylation is 1. The van der Waals surface area contributed by atoms with E-state index in [2.05, 4.69) is 10.1 Å². The summed E-state index contributed by atoms with van der Waals surface area (Å²) in [7, 11) is 0. The lowest BCUT2D eigenvalue weighted by atomic mass is 10.1. The number of carbonyl (C=O) groups is 1. The number of hydrogen-bond donors (Lipinski definition) is 0. The first-order chi connectivity index (χ1) is 11.5. The van der Waals surface area contributed by atoms with Gasteiger partial charge in [0, 0.05) is 16.9 Å². The summed E-state index contributed by atoms with van der Waals surface area (Å²) >= 11 is 6.10. The molecule has 1 aliphatic heterocycles. The molecule has 3 heterocycles. The van der Waals surface area contributed by atoms with E-state index >= 15 is 0 Å². The van der Waals surface area contributed by atoms with Crippen LogP contribution in [0.2, 0.25) is 5.02 Å². The highest BCUT2D eigenvalue weighted by atomic mass is 35.5. The molecule has 0 fully saturated rings. The number of halogens is 1. The summed E-state index contributed by atoms with van der Waals surface area (Å²) in [6, 6.07) is 7.12. The van der Waals surface area contributed by atoms with Crippen LogP contribution in [0.4, 0.5) is 5.69 Å². The van der Waals surface area contributed by atoms with Crippen LogP contribution in [0.3, 0.4) is 0 Å². The van der Waals surface area contributed by atoms with Crippen LogP contribution in [0.25, 0.3) is 5.65 Å². The average molecular weight is 343 g/mol. The minimum atomic E-state index is -0.165. The number of fused-ring (bicyclic) bond motifs is 2. The van der Waals surface area contributed by atoms with Gasteiger partial charge >= 0.3 is 0 Å². The summed E-state index contributed by atoms with van der Waals surface area (Å²) < 4.78 is 7.40. The first-order valence-electron chi connectivity index (χ1n) is 7.62. The van der Waals surface area contributed by atoms with Gasteiger partial charge in [0.25, 0.3) is 5.91 Å². The van der Waals surface area contributed by atoms with Gasteiger partial charge in [-0.15, -0.1) is 0 Å². The van der Waals surface area contributed by atoms with Gasteiger partial charge in [0.2, 0.25) is 0 Å². The quantitative estimate of drug-likeness (QED) is 0.681. The fourth-order valence-corrected chi connectivity index (χ4v) is 3.02. The van der Waals surface area contributed by atoms with Crippen LogP contribution in [-0.2, 0) is 0 Å². The molecule has 0 radical (unpaired) electrons. The van der Waals surface area contributed by atoms with Gasteiger partial charge in [-0.2, -0.15) is 5.10 Å². The summed E-state index contributed by atoms with van der Waals surface area (Å²) in [5.74, 6) is 0.480. The zero-order chi connectivity index (χ0) is 16.8. The van der Waals surface area contributed by atoms with Crippen molar-refractivity contribution in [3.8, 4) is 5.75 Å². The van der Waals surface area contributed by atoms with E-state index in [1.54, 1.807) is 40.0 Å². The Labute approximate surface area is 143 Å². The molecule has 3 aromatic rings. The van der Waals surface area contributed by atoms with Gasteiger partial charge in [-0.25, -0.2) is 9.50 Å². The Balaban J connectivity index is 1.82. The maximum absolute atomic E-state index is 13.1. The predicted molar refractivity (Wildman–Crippen MR) is 90.9 cm³/mol. The molecule has 0 saturated carbocycles. The molecule has 0 bridgehead atoms. The molecule has 2 aromatic heterocycles. The molecule has 6 nitrogen and oxygen atoms in total. The maximum Gasteiger partial charge on any atom is 0.264 e. The molecule has 1 aliphatic rings. The van der Waals surface area contributed by atoms with E-state index in [0.717, 1.165) is 5.69 Å². The molecule has 1 amide bonds. The number of nitrogens with zero attached hydrogens (tertiary/aromatic N) is 4. The van der Waals surface area contributed by atoms with Crippen LogP contribution in [-0.4, -0.2) is 33.2 Å². The van der Waals surface area contributed by atoms with E-state index in [1.807, 2.05) is 19.9 Å². The molecule has 122 valence electrons. The largest absolute Gasteiger partial charge is 0.487 e. The molecular weight excluding hydrogens is 328 g/mol. The SMILES string of the molecule is Cc1ccn2ncc(C(=O)N3CC(C)Oc4ccc(Cl)cc43)c2n1. The molecule has 4 rings (SSSR count). The van der Waals surface area contributed by atoms with Gasteiger partial charge in [-0.05, 0) is 38.1 Å². The van der Waals surface area contributed by atoms with Crippen LogP contribution in [0.1, 0.15) is 23.0 Å².